The van der Waals surface area contributed by atoms with E-state index in [1.165, 1.54) is 69.0 Å². The third kappa shape index (κ3) is 3.49. The SMILES string of the molecule is C1=CNC2C(=C1)C(N1C3=C(CCC=C3)Sc3ccccc31)=c1ncccc1=C2c1ccc2c(c1)sc1ccccc12. The molecule has 3 aromatic carbocycles. The number of allylic oxidation sites excluding steroid dienone is 5. The Kier molecular flexibility index (Phi) is 5.19. The minimum atomic E-state index is 0.0110. The van der Waals surface area contributed by atoms with Gasteiger partial charge in [-0.3, -0.25) is 4.98 Å². The summed E-state index contributed by atoms with van der Waals surface area (Å²) in [5.41, 5.74) is 7.43. The molecule has 3 nitrogen and oxygen atoms in total. The minimum absolute atomic E-state index is 0.0110. The standard InChI is InChI=1S/C36H25N3S2/c1-4-14-29-23(9-1)24-18-17-22(21-32(24)40-29)33-25-10-7-20-38-35(25)36(26-11-8-19-37-34(26)33)39-27-12-2-5-15-30(27)41-31-16-6-3-13-28(31)39/h1-5,7-15,17-21,34,37H,6,16H2. The van der Waals surface area contributed by atoms with Gasteiger partial charge in [-0.05, 0) is 72.7 Å². The van der Waals surface area contributed by atoms with E-state index in [0.717, 1.165) is 18.2 Å². The maximum atomic E-state index is 5.11. The number of rotatable bonds is 2. The Balaban J connectivity index is 1.37. The zero-order valence-corrected chi connectivity index (χ0v) is 23.8. The number of aromatic nitrogens is 1. The van der Waals surface area contributed by atoms with E-state index >= 15 is 0 Å². The highest BCUT2D eigenvalue weighted by atomic mass is 32.2. The number of pyridine rings is 1. The number of fused-ring (bicyclic) bond motifs is 6. The van der Waals surface area contributed by atoms with Gasteiger partial charge in [0, 0.05) is 47.0 Å². The van der Waals surface area contributed by atoms with E-state index < -0.39 is 0 Å². The van der Waals surface area contributed by atoms with E-state index in [4.69, 9.17) is 4.98 Å². The molecule has 4 aliphatic rings. The highest BCUT2D eigenvalue weighted by Gasteiger charge is 2.36. The summed E-state index contributed by atoms with van der Waals surface area (Å²) in [7, 11) is 0. The molecule has 0 radical (unpaired) electrons. The van der Waals surface area contributed by atoms with Crippen LogP contribution < -0.4 is 20.8 Å². The molecule has 0 fully saturated rings. The molecule has 5 aromatic rings. The lowest BCUT2D eigenvalue weighted by atomic mass is 9.83. The van der Waals surface area contributed by atoms with Crippen molar-refractivity contribution in [1.82, 2.24) is 10.3 Å². The molecule has 0 saturated heterocycles. The molecule has 196 valence electrons. The van der Waals surface area contributed by atoms with Gasteiger partial charge in [-0.15, -0.1) is 11.3 Å². The summed E-state index contributed by atoms with van der Waals surface area (Å²) in [6, 6.07) is 28.8. The van der Waals surface area contributed by atoms with Crippen molar-refractivity contribution in [3.63, 3.8) is 0 Å². The van der Waals surface area contributed by atoms with Gasteiger partial charge in [-0.2, -0.15) is 0 Å². The average Bonchev–Trinajstić information content (AvgIpc) is 3.40. The van der Waals surface area contributed by atoms with E-state index in [0.29, 0.717) is 0 Å². The summed E-state index contributed by atoms with van der Waals surface area (Å²) in [6.07, 6.45) is 15.2. The van der Waals surface area contributed by atoms with Crippen LogP contribution in [0.15, 0.2) is 137 Å². The second-order valence-electron chi connectivity index (χ2n) is 10.7. The summed E-state index contributed by atoms with van der Waals surface area (Å²) in [6.45, 7) is 0. The van der Waals surface area contributed by atoms with Gasteiger partial charge in [0.1, 0.15) is 0 Å². The van der Waals surface area contributed by atoms with E-state index in [-0.39, 0.29) is 6.04 Å². The van der Waals surface area contributed by atoms with Crippen molar-refractivity contribution in [2.24, 2.45) is 0 Å². The Morgan fingerprint density at radius 3 is 2.80 bits per heavy atom. The Bertz CT molecular complexity index is 2180. The van der Waals surface area contributed by atoms with Crippen molar-refractivity contribution in [3.8, 4) is 0 Å². The zero-order chi connectivity index (χ0) is 26.9. The van der Waals surface area contributed by atoms with Gasteiger partial charge in [-0.1, -0.05) is 72.4 Å². The van der Waals surface area contributed by atoms with Gasteiger partial charge >= 0.3 is 0 Å². The predicted molar refractivity (Wildman–Crippen MR) is 173 cm³/mol. The molecule has 2 aliphatic carbocycles. The Labute approximate surface area is 246 Å². The van der Waals surface area contributed by atoms with Crippen LogP contribution in [0.2, 0.25) is 0 Å². The van der Waals surface area contributed by atoms with Crippen LogP contribution in [-0.4, -0.2) is 11.0 Å². The molecular weight excluding hydrogens is 539 g/mol. The first-order chi connectivity index (χ1) is 20.3. The van der Waals surface area contributed by atoms with E-state index in [1.54, 1.807) is 0 Å². The second-order valence-corrected chi connectivity index (χ2v) is 12.9. The highest BCUT2D eigenvalue weighted by Crippen LogP contribution is 2.50. The molecule has 1 N–H and O–H groups in total. The molecule has 2 aromatic heterocycles. The van der Waals surface area contributed by atoms with Crippen LogP contribution in [0, 0.1) is 0 Å². The largest absolute Gasteiger partial charge is 0.380 e. The topological polar surface area (TPSA) is 28.2 Å². The predicted octanol–water partition coefficient (Wildman–Crippen LogP) is 7.36. The normalized spacial score (nSPS) is 19.1. The third-order valence-corrected chi connectivity index (χ3v) is 10.8. The van der Waals surface area contributed by atoms with Crippen molar-refractivity contribution in [2.75, 3.05) is 4.90 Å². The molecule has 0 spiro atoms. The van der Waals surface area contributed by atoms with E-state index in [9.17, 15) is 0 Å². The number of anilines is 1. The van der Waals surface area contributed by atoms with Crippen LogP contribution in [-0.2, 0) is 0 Å². The molecule has 9 rings (SSSR count). The number of nitrogens with zero attached hydrogens (tertiary/aromatic N) is 2. The number of hydrogen-bond donors (Lipinski definition) is 1. The smallest absolute Gasteiger partial charge is 0.0950 e. The summed E-state index contributed by atoms with van der Waals surface area (Å²) in [5, 5.41) is 8.62. The fourth-order valence-corrected chi connectivity index (χ4v) is 8.97. The Hall–Kier alpha value is -4.32. The van der Waals surface area contributed by atoms with Crippen molar-refractivity contribution >= 4 is 60.2 Å². The van der Waals surface area contributed by atoms with Crippen LogP contribution in [0.4, 0.5) is 5.69 Å². The monoisotopic (exact) mass is 563 g/mol. The molecule has 1 unspecified atom stereocenters. The average molecular weight is 564 g/mol. The quantitative estimate of drug-likeness (QED) is 0.243. The van der Waals surface area contributed by atoms with Crippen molar-refractivity contribution in [2.45, 2.75) is 23.8 Å². The maximum absolute atomic E-state index is 5.11. The minimum Gasteiger partial charge on any atom is -0.380 e. The lowest BCUT2D eigenvalue weighted by Crippen LogP contribution is -2.49. The molecule has 0 bridgehead atoms. The molecule has 4 heterocycles. The fraction of sp³-hybridized carbons (Fsp3) is 0.0833. The number of thioether (sulfide) groups is 1. The van der Waals surface area contributed by atoms with Crippen molar-refractivity contribution in [3.05, 3.63) is 148 Å². The molecule has 1 atom stereocenters. The first-order valence-electron chi connectivity index (χ1n) is 14.1. The van der Waals surface area contributed by atoms with Crippen LogP contribution in [0.5, 0.6) is 0 Å². The summed E-state index contributed by atoms with van der Waals surface area (Å²) in [5.74, 6) is 0. The second kappa shape index (κ2) is 9.10. The fourth-order valence-electron chi connectivity index (χ4n) is 6.66. The number of benzene rings is 3. The number of hydrogen-bond acceptors (Lipinski definition) is 5. The van der Waals surface area contributed by atoms with Gasteiger partial charge < -0.3 is 10.2 Å². The molecule has 0 saturated carbocycles. The van der Waals surface area contributed by atoms with Gasteiger partial charge in [0.05, 0.1) is 28.5 Å². The zero-order valence-electron chi connectivity index (χ0n) is 22.2. The Morgan fingerprint density at radius 2 is 1.80 bits per heavy atom. The van der Waals surface area contributed by atoms with E-state index in [1.807, 2.05) is 29.3 Å². The molecule has 5 heteroatoms. The lowest BCUT2D eigenvalue weighted by molar-refractivity contribution is 0.797. The third-order valence-electron chi connectivity index (χ3n) is 8.42. The number of para-hydroxylation sites is 1. The van der Waals surface area contributed by atoms with Gasteiger partial charge in [0.2, 0.25) is 0 Å². The van der Waals surface area contributed by atoms with Crippen molar-refractivity contribution in [1.29, 1.82) is 0 Å². The molecular formula is C36H25N3S2. The summed E-state index contributed by atoms with van der Waals surface area (Å²) < 4.78 is 2.65. The summed E-state index contributed by atoms with van der Waals surface area (Å²) >= 11 is 3.79. The van der Waals surface area contributed by atoms with E-state index in [2.05, 4.69) is 120 Å². The van der Waals surface area contributed by atoms with Crippen LogP contribution in [0.3, 0.4) is 0 Å². The number of dihydropyridines is 1. The first-order valence-corrected chi connectivity index (χ1v) is 15.7. The first kappa shape index (κ1) is 23.4. The van der Waals surface area contributed by atoms with Gasteiger partial charge in [0.15, 0.2) is 0 Å². The van der Waals surface area contributed by atoms with Gasteiger partial charge in [-0.25, -0.2) is 0 Å². The van der Waals surface area contributed by atoms with Crippen LogP contribution >= 0.6 is 23.1 Å². The van der Waals surface area contributed by atoms with Crippen molar-refractivity contribution < 1.29 is 0 Å². The van der Waals surface area contributed by atoms with Gasteiger partial charge in [0.25, 0.3) is 0 Å². The number of thiophene rings is 1. The maximum Gasteiger partial charge on any atom is 0.0950 e. The van der Waals surface area contributed by atoms with Crippen LogP contribution in [0.25, 0.3) is 31.4 Å². The molecule has 41 heavy (non-hydrogen) atoms. The lowest BCUT2D eigenvalue weighted by Gasteiger charge is -2.40. The molecule has 2 aliphatic heterocycles. The number of nitrogens with one attached hydrogen (secondary N) is 1. The Morgan fingerprint density at radius 1 is 0.902 bits per heavy atom. The summed E-state index contributed by atoms with van der Waals surface area (Å²) in [4.78, 5) is 10.3. The van der Waals surface area contributed by atoms with Crippen LogP contribution in [0.1, 0.15) is 18.4 Å². The molecule has 0 amide bonds. The highest BCUT2D eigenvalue weighted by molar-refractivity contribution is 8.03.